The van der Waals surface area contributed by atoms with E-state index in [0.29, 0.717) is 0 Å². The molecular formula is C23H26N2O7. The first-order valence-corrected chi connectivity index (χ1v) is 10.1. The Hall–Kier alpha value is -3.88. The molecule has 9 heteroatoms. The van der Waals surface area contributed by atoms with Crippen LogP contribution in [0.2, 0.25) is 0 Å². The van der Waals surface area contributed by atoms with Crippen molar-refractivity contribution in [2.24, 2.45) is 0 Å². The van der Waals surface area contributed by atoms with E-state index in [-0.39, 0.29) is 32.3 Å². The fourth-order valence-electron chi connectivity index (χ4n) is 2.95. The largest absolute Gasteiger partial charge is 0.481 e. The minimum Gasteiger partial charge on any atom is -0.481 e. The van der Waals surface area contributed by atoms with Gasteiger partial charge in [-0.05, 0) is 24.0 Å². The summed E-state index contributed by atoms with van der Waals surface area (Å²) in [6.07, 6.45) is -0.874. The number of ether oxygens (including phenoxy) is 1. The van der Waals surface area contributed by atoms with Crippen LogP contribution in [0, 0.1) is 0 Å². The van der Waals surface area contributed by atoms with Gasteiger partial charge in [0.1, 0.15) is 18.7 Å². The molecule has 2 amide bonds. The standard InChI is InChI=1S/C23H26N2O7/c26-20(27)13-7-12-18(22(29)30)24-21(28)19(14-16-8-3-1-4-9-16)25-23(31)32-15-17-10-5-2-6-11-17/h1-6,8-11,18-19H,7,12-15H2,(H,24,28)(H,25,31)(H,26,27)(H,29,30)/t18-,19-/m0/s1. The first kappa shape index (κ1) is 24.4. The SMILES string of the molecule is O=C(O)CCC[C@H](NC(=O)[C@H](Cc1ccccc1)NC(=O)OCc1ccccc1)C(=O)O. The van der Waals surface area contributed by atoms with Gasteiger partial charge in [0, 0.05) is 12.8 Å². The molecule has 2 atom stereocenters. The van der Waals surface area contributed by atoms with E-state index in [1.54, 1.807) is 48.5 Å². The number of benzene rings is 2. The van der Waals surface area contributed by atoms with Crippen LogP contribution in [0.1, 0.15) is 30.4 Å². The Morgan fingerprint density at radius 1 is 0.812 bits per heavy atom. The van der Waals surface area contributed by atoms with Gasteiger partial charge in [0.2, 0.25) is 5.91 Å². The van der Waals surface area contributed by atoms with E-state index in [9.17, 15) is 24.3 Å². The van der Waals surface area contributed by atoms with Gasteiger partial charge in [-0.15, -0.1) is 0 Å². The number of aliphatic carboxylic acids is 2. The Balaban J connectivity index is 2.03. The number of amides is 2. The zero-order valence-electron chi connectivity index (χ0n) is 17.4. The van der Waals surface area contributed by atoms with Gasteiger partial charge in [0.05, 0.1) is 0 Å². The van der Waals surface area contributed by atoms with E-state index in [1.165, 1.54) is 0 Å². The highest BCUT2D eigenvalue weighted by Gasteiger charge is 2.27. The maximum atomic E-state index is 12.8. The lowest BCUT2D eigenvalue weighted by atomic mass is 10.0. The van der Waals surface area contributed by atoms with Crippen LogP contribution in [0.5, 0.6) is 0 Å². The lowest BCUT2D eigenvalue weighted by Crippen LogP contribution is -2.52. The van der Waals surface area contributed by atoms with Crippen LogP contribution >= 0.6 is 0 Å². The van der Waals surface area contributed by atoms with E-state index >= 15 is 0 Å². The Morgan fingerprint density at radius 2 is 1.41 bits per heavy atom. The summed E-state index contributed by atoms with van der Waals surface area (Å²) in [5, 5.41) is 23.0. The molecule has 0 bridgehead atoms. The molecule has 0 saturated heterocycles. The fourth-order valence-corrected chi connectivity index (χ4v) is 2.95. The number of nitrogens with one attached hydrogen (secondary N) is 2. The average molecular weight is 442 g/mol. The molecule has 0 spiro atoms. The molecule has 2 rings (SSSR count). The normalized spacial score (nSPS) is 12.2. The van der Waals surface area contributed by atoms with Gasteiger partial charge in [0.25, 0.3) is 0 Å². The van der Waals surface area contributed by atoms with E-state index in [2.05, 4.69) is 10.6 Å². The highest BCUT2D eigenvalue weighted by Crippen LogP contribution is 2.07. The monoisotopic (exact) mass is 442 g/mol. The van der Waals surface area contributed by atoms with Gasteiger partial charge in [-0.3, -0.25) is 9.59 Å². The van der Waals surface area contributed by atoms with E-state index in [0.717, 1.165) is 11.1 Å². The highest BCUT2D eigenvalue weighted by atomic mass is 16.5. The summed E-state index contributed by atoms with van der Waals surface area (Å²) in [6.45, 7) is 0.0132. The lowest BCUT2D eigenvalue weighted by Gasteiger charge is -2.21. The Morgan fingerprint density at radius 3 is 1.97 bits per heavy atom. The molecule has 0 unspecified atom stereocenters. The summed E-state index contributed by atoms with van der Waals surface area (Å²) in [5.41, 5.74) is 1.53. The topological polar surface area (TPSA) is 142 Å². The van der Waals surface area contributed by atoms with Crippen LogP contribution in [0.25, 0.3) is 0 Å². The highest BCUT2D eigenvalue weighted by molar-refractivity contribution is 5.89. The molecule has 2 aromatic carbocycles. The number of hydrogen-bond acceptors (Lipinski definition) is 5. The Bertz CT molecular complexity index is 903. The second kappa shape index (κ2) is 12.7. The van der Waals surface area contributed by atoms with Crippen LogP contribution in [-0.2, 0) is 32.1 Å². The molecule has 0 aromatic heterocycles. The molecule has 170 valence electrons. The first-order chi connectivity index (χ1) is 15.3. The van der Waals surface area contributed by atoms with E-state index < -0.39 is 36.0 Å². The molecule has 0 fully saturated rings. The molecule has 2 aromatic rings. The molecule has 0 aliphatic rings. The number of carbonyl (C=O) groups is 4. The van der Waals surface area contributed by atoms with Crippen molar-refractivity contribution in [3.8, 4) is 0 Å². The first-order valence-electron chi connectivity index (χ1n) is 10.1. The predicted molar refractivity (Wildman–Crippen MR) is 115 cm³/mol. The van der Waals surface area contributed by atoms with Crippen LogP contribution in [-0.4, -0.2) is 46.2 Å². The summed E-state index contributed by atoms with van der Waals surface area (Å²) in [5.74, 6) is -3.03. The van der Waals surface area contributed by atoms with Crippen molar-refractivity contribution in [1.82, 2.24) is 10.6 Å². The number of hydrogen-bond donors (Lipinski definition) is 4. The van der Waals surface area contributed by atoms with Crippen molar-refractivity contribution in [1.29, 1.82) is 0 Å². The number of rotatable bonds is 12. The van der Waals surface area contributed by atoms with E-state index in [1.807, 2.05) is 12.1 Å². The number of carboxylic acids is 2. The van der Waals surface area contributed by atoms with Gasteiger partial charge >= 0.3 is 18.0 Å². The summed E-state index contributed by atoms with van der Waals surface area (Å²) in [7, 11) is 0. The number of carbonyl (C=O) groups excluding carboxylic acids is 2. The summed E-state index contributed by atoms with van der Waals surface area (Å²) >= 11 is 0. The second-order valence-electron chi connectivity index (χ2n) is 7.13. The summed E-state index contributed by atoms with van der Waals surface area (Å²) < 4.78 is 5.18. The van der Waals surface area contributed by atoms with Crippen molar-refractivity contribution in [2.45, 2.75) is 44.4 Å². The van der Waals surface area contributed by atoms with Crippen molar-refractivity contribution in [2.75, 3.05) is 0 Å². The number of carboxylic acid groups (broad SMARTS) is 2. The molecule has 0 radical (unpaired) electrons. The van der Waals surface area contributed by atoms with Gasteiger partial charge in [-0.2, -0.15) is 0 Å². The maximum Gasteiger partial charge on any atom is 0.408 e. The molecule has 0 aliphatic heterocycles. The third-order valence-corrected chi connectivity index (χ3v) is 4.60. The van der Waals surface area contributed by atoms with Crippen LogP contribution < -0.4 is 10.6 Å². The van der Waals surface area contributed by atoms with Crippen molar-refractivity contribution in [3.63, 3.8) is 0 Å². The molecule has 0 heterocycles. The van der Waals surface area contributed by atoms with Crippen molar-refractivity contribution >= 4 is 23.9 Å². The zero-order chi connectivity index (χ0) is 23.3. The third-order valence-electron chi connectivity index (χ3n) is 4.60. The average Bonchev–Trinajstić information content (AvgIpc) is 2.77. The molecule has 0 saturated carbocycles. The Labute approximate surface area is 185 Å². The van der Waals surface area contributed by atoms with Crippen LogP contribution in [0.4, 0.5) is 4.79 Å². The quantitative estimate of drug-likeness (QED) is 0.395. The Kier molecular flexibility index (Phi) is 9.70. The smallest absolute Gasteiger partial charge is 0.408 e. The molecule has 0 aliphatic carbocycles. The molecular weight excluding hydrogens is 416 g/mol. The predicted octanol–water partition coefficient (Wildman–Crippen LogP) is 2.35. The van der Waals surface area contributed by atoms with Gasteiger partial charge in [0.15, 0.2) is 0 Å². The van der Waals surface area contributed by atoms with Crippen LogP contribution in [0.15, 0.2) is 60.7 Å². The van der Waals surface area contributed by atoms with E-state index in [4.69, 9.17) is 9.84 Å². The number of alkyl carbamates (subject to hydrolysis) is 1. The summed E-state index contributed by atoms with van der Waals surface area (Å²) in [6, 6.07) is 15.6. The zero-order valence-corrected chi connectivity index (χ0v) is 17.4. The fraction of sp³-hybridized carbons (Fsp3) is 0.304. The summed E-state index contributed by atoms with van der Waals surface area (Å²) in [4.78, 5) is 47.3. The van der Waals surface area contributed by atoms with Gasteiger partial charge in [-0.25, -0.2) is 9.59 Å². The van der Waals surface area contributed by atoms with Crippen molar-refractivity contribution < 1.29 is 34.1 Å². The molecule has 32 heavy (non-hydrogen) atoms. The van der Waals surface area contributed by atoms with Gasteiger partial charge < -0.3 is 25.6 Å². The molecule has 9 nitrogen and oxygen atoms in total. The second-order valence-corrected chi connectivity index (χ2v) is 7.13. The molecule has 4 N–H and O–H groups in total. The lowest BCUT2D eigenvalue weighted by molar-refractivity contribution is -0.143. The van der Waals surface area contributed by atoms with Crippen molar-refractivity contribution in [3.05, 3.63) is 71.8 Å². The van der Waals surface area contributed by atoms with Gasteiger partial charge in [-0.1, -0.05) is 60.7 Å². The minimum atomic E-state index is -1.28. The van der Waals surface area contributed by atoms with Crippen LogP contribution in [0.3, 0.4) is 0 Å². The third kappa shape index (κ3) is 8.86. The maximum absolute atomic E-state index is 12.8. The minimum absolute atomic E-state index is 0.0132.